The molecule has 10 heteroatoms. The van der Waals surface area contributed by atoms with Crippen LogP contribution in [0.2, 0.25) is 0 Å². The molecule has 0 aliphatic carbocycles. The Kier molecular flexibility index (Phi) is 5.96. The summed E-state index contributed by atoms with van der Waals surface area (Å²) in [5.41, 5.74) is 0.796. The Bertz CT molecular complexity index is 1110. The number of fused-ring (bicyclic) bond motifs is 1. The summed E-state index contributed by atoms with van der Waals surface area (Å²) < 4.78 is 58.3. The third-order valence-electron chi connectivity index (χ3n) is 5.43. The minimum absolute atomic E-state index is 0.207. The number of benzene rings is 2. The SMILES string of the molecule is COC(=O)[C@H](c1ccc(F)cc1)N1CCN(c2nc(C(F)(F)F)nc3ccccc23)CC1. The molecule has 0 saturated carbocycles. The standard InChI is InChI=1S/C22H20F4N4O2/c1-32-20(31)18(14-6-8-15(23)9-7-14)29-10-12-30(13-11-29)19-16-4-2-3-5-17(16)27-21(28-19)22(24,25)26/h2-9,18H,10-13H2,1H3/t18-/m0/s1. The first-order chi connectivity index (χ1) is 15.3. The van der Waals surface area contributed by atoms with Crippen molar-refractivity contribution in [2.24, 2.45) is 0 Å². The number of hydrogen-bond donors (Lipinski definition) is 0. The summed E-state index contributed by atoms with van der Waals surface area (Å²) in [7, 11) is 1.28. The van der Waals surface area contributed by atoms with E-state index in [1.807, 2.05) is 4.90 Å². The lowest BCUT2D eigenvalue weighted by Gasteiger charge is -2.39. The summed E-state index contributed by atoms with van der Waals surface area (Å²) >= 11 is 0. The van der Waals surface area contributed by atoms with Gasteiger partial charge in [0.1, 0.15) is 17.7 Å². The highest BCUT2D eigenvalue weighted by molar-refractivity contribution is 5.89. The van der Waals surface area contributed by atoms with Crippen LogP contribution in [0.3, 0.4) is 0 Å². The molecule has 6 nitrogen and oxygen atoms in total. The Balaban J connectivity index is 1.61. The lowest BCUT2D eigenvalue weighted by molar-refractivity contribution is -0.147. The molecule has 1 fully saturated rings. The number of methoxy groups -OCH3 is 1. The highest BCUT2D eigenvalue weighted by Gasteiger charge is 2.37. The van der Waals surface area contributed by atoms with Crippen LogP contribution in [0.25, 0.3) is 10.9 Å². The molecule has 1 atom stereocenters. The van der Waals surface area contributed by atoms with Crippen LogP contribution in [0.4, 0.5) is 23.4 Å². The second-order valence-electron chi connectivity index (χ2n) is 7.39. The molecule has 0 amide bonds. The van der Waals surface area contributed by atoms with Crippen LogP contribution in [-0.2, 0) is 15.7 Å². The van der Waals surface area contributed by atoms with E-state index in [-0.39, 0.29) is 11.3 Å². The maximum Gasteiger partial charge on any atom is 0.451 e. The number of esters is 1. The Morgan fingerprint density at radius 3 is 2.28 bits per heavy atom. The third kappa shape index (κ3) is 4.36. The van der Waals surface area contributed by atoms with E-state index in [4.69, 9.17) is 4.74 Å². The van der Waals surface area contributed by atoms with Gasteiger partial charge in [0.2, 0.25) is 5.82 Å². The fourth-order valence-corrected chi connectivity index (χ4v) is 3.87. The molecule has 3 aromatic rings. The zero-order chi connectivity index (χ0) is 22.9. The van der Waals surface area contributed by atoms with Gasteiger partial charge in [-0.3, -0.25) is 4.90 Å². The highest BCUT2D eigenvalue weighted by Crippen LogP contribution is 2.33. The van der Waals surface area contributed by atoms with Crippen molar-refractivity contribution in [1.82, 2.24) is 14.9 Å². The van der Waals surface area contributed by atoms with Crippen LogP contribution in [0, 0.1) is 5.82 Å². The summed E-state index contributed by atoms with van der Waals surface area (Å²) in [5, 5.41) is 0.525. The summed E-state index contributed by atoms with van der Waals surface area (Å²) in [6, 6.07) is 11.4. The number of rotatable bonds is 4. The van der Waals surface area contributed by atoms with Crippen LogP contribution < -0.4 is 4.90 Å². The molecule has 2 heterocycles. The van der Waals surface area contributed by atoms with Gasteiger partial charge in [-0.25, -0.2) is 19.2 Å². The number of alkyl halides is 3. The van der Waals surface area contributed by atoms with E-state index in [0.29, 0.717) is 37.1 Å². The zero-order valence-electron chi connectivity index (χ0n) is 17.1. The Morgan fingerprint density at radius 1 is 1.00 bits per heavy atom. The molecular weight excluding hydrogens is 428 g/mol. The number of carbonyl (C=O) groups is 1. The molecule has 4 rings (SSSR count). The second kappa shape index (κ2) is 8.70. The van der Waals surface area contributed by atoms with E-state index < -0.39 is 29.8 Å². The lowest BCUT2D eigenvalue weighted by atomic mass is 10.0. The topological polar surface area (TPSA) is 58.6 Å². The average molecular weight is 448 g/mol. The number of piperazine rings is 1. The number of ether oxygens (including phenoxy) is 1. The van der Waals surface area contributed by atoms with Crippen molar-refractivity contribution >= 4 is 22.7 Å². The van der Waals surface area contributed by atoms with Gasteiger partial charge >= 0.3 is 12.1 Å². The van der Waals surface area contributed by atoms with Crippen LogP contribution in [0.15, 0.2) is 48.5 Å². The molecule has 32 heavy (non-hydrogen) atoms. The lowest BCUT2D eigenvalue weighted by Crippen LogP contribution is -2.49. The summed E-state index contributed by atoms with van der Waals surface area (Å²) in [6.45, 7) is 1.42. The largest absolute Gasteiger partial charge is 0.468 e. The minimum atomic E-state index is -4.67. The van der Waals surface area contributed by atoms with Gasteiger partial charge in [-0.05, 0) is 29.8 Å². The van der Waals surface area contributed by atoms with Gasteiger partial charge in [0.25, 0.3) is 0 Å². The smallest absolute Gasteiger partial charge is 0.451 e. The highest BCUT2D eigenvalue weighted by atomic mass is 19.4. The number of nitrogens with zero attached hydrogens (tertiary/aromatic N) is 4. The molecule has 168 valence electrons. The molecule has 0 bridgehead atoms. The molecule has 0 N–H and O–H groups in total. The summed E-state index contributed by atoms with van der Waals surface area (Å²) in [4.78, 5) is 23.6. The van der Waals surface area contributed by atoms with E-state index in [0.717, 1.165) is 0 Å². The predicted octanol–water partition coefficient (Wildman–Crippen LogP) is 3.82. The van der Waals surface area contributed by atoms with E-state index in [9.17, 15) is 22.4 Å². The second-order valence-corrected chi connectivity index (χ2v) is 7.39. The van der Waals surface area contributed by atoms with Crippen molar-refractivity contribution in [2.45, 2.75) is 12.2 Å². The van der Waals surface area contributed by atoms with Crippen molar-refractivity contribution in [1.29, 1.82) is 0 Å². The van der Waals surface area contributed by atoms with E-state index in [1.54, 1.807) is 23.1 Å². The monoisotopic (exact) mass is 448 g/mol. The van der Waals surface area contributed by atoms with Crippen LogP contribution in [-0.4, -0.2) is 54.1 Å². The Labute approximate surface area is 181 Å². The van der Waals surface area contributed by atoms with Gasteiger partial charge in [0.05, 0.1) is 12.6 Å². The molecule has 0 spiro atoms. The van der Waals surface area contributed by atoms with E-state index >= 15 is 0 Å². The minimum Gasteiger partial charge on any atom is -0.468 e. The molecule has 1 aliphatic rings. The van der Waals surface area contributed by atoms with Gasteiger partial charge in [-0.1, -0.05) is 24.3 Å². The van der Waals surface area contributed by atoms with Gasteiger partial charge in [0.15, 0.2) is 0 Å². The van der Waals surface area contributed by atoms with Gasteiger partial charge in [0, 0.05) is 31.6 Å². The van der Waals surface area contributed by atoms with Gasteiger partial charge in [-0.2, -0.15) is 13.2 Å². The molecule has 1 aromatic heterocycles. The molecule has 0 radical (unpaired) electrons. The maximum atomic E-state index is 13.3. The first-order valence-electron chi connectivity index (χ1n) is 9.94. The van der Waals surface area contributed by atoms with Gasteiger partial charge < -0.3 is 9.64 Å². The first kappa shape index (κ1) is 21.9. The predicted molar refractivity (Wildman–Crippen MR) is 109 cm³/mol. The number of carbonyl (C=O) groups excluding carboxylic acids is 1. The van der Waals surface area contributed by atoms with Crippen LogP contribution in [0.1, 0.15) is 17.4 Å². The number of hydrogen-bond acceptors (Lipinski definition) is 6. The number of aromatic nitrogens is 2. The molecule has 2 aromatic carbocycles. The Morgan fingerprint density at radius 2 is 1.66 bits per heavy atom. The quantitative estimate of drug-likeness (QED) is 0.447. The maximum absolute atomic E-state index is 13.3. The molecule has 1 saturated heterocycles. The fraction of sp³-hybridized carbons (Fsp3) is 0.318. The summed E-state index contributed by atoms with van der Waals surface area (Å²) in [5.74, 6) is -1.89. The zero-order valence-corrected chi connectivity index (χ0v) is 17.1. The third-order valence-corrected chi connectivity index (χ3v) is 5.43. The van der Waals surface area contributed by atoms with E-state index in [2.05, 4.69) is 9.97 Å². The number of anilines is 1. The Hall–Kier alpha value is -3.27. The summed E-state index contributed by atoms with van der Waals surface area (Å²) in [6.07, 6.45) is -4.67. The van der Waals surface area contributed by atoms with E-state index in [1.165, 1.54) is 37.4 Å². The van der Waals surface area contributed by atoms with Crippen molar-refractivity contribution in [2.75, 3.05) is 38.2 Å². The molecule has 0 unspecified atom stereocenters. The van der Waals surface area contributed by atoms with Gasteiger partial charge in [-0.15, -0.1) is 0 Å². The van der Waals surface area contributed by atoms with Crippen molar-refractivity contribution < 1.29 is 27.1 Å². The van der Waals surface area contributed by atoms with Crippen molar-refractivity contribution in [3.05, 3.63) is 65.7 Å². The fourth-order valence-electron chi connectivity index (χ4n) is 3.87. The van der Waals surface area contributed by atoms with Crippen LogP contribution >= 0.6 is 0 Å². The number of para-hydroxylation sites is 1. The number of halogens is 4. The normalized spacial score (nSPS) is 16.2. The van der Waals surface area contributed by atoms with Crippen molar-refractivity contribution in [3.63, 3.8) is 0 Å². The average Bonchev–Trinajstić information content (AvgIpc) is 2.79. The first-order valence-corrected chi connectivity index (χ1v) is 9.94. The molecular formula is C22H20F4N4O2. The van der Waals surface area contributed by atoms with Crippen LogP contribution in [0.5, 0.6) is 0 Å². The molecule has 1 aliphatic heterocycles. The van der Waals surface area contributed by atoms with Crippen molar-refractivity contribution in [3.8, 4) is 0 Å².